The van der Waals surface area contributed by atoms with Gasteiger partial charge in [0.25, 0.3) is 5.89 Å². The average Bonchev–Trinajstić information content (AvgIpc) is 3.05. The summed E-state index contributed by atoms with van der Waals surface area (Å²) in [4.78, 5) is 12.8. The molecule has 128 valence electrons. The van der Waals surface area contributed by atoms with Crippen molar-refractivity contribution in [3.05, 3.63) is 59.4 Å². The molecule has 1 N–H and O–H groups in total. The van der Waals surface area contributed by atoms with Crippen LogP contribution in [-0.4, -0.2) is 21.9 Å². The molecular weight excluding hydrogens is 365 g/mol. The highest BCUT2D eigenvalue weighted by Gasteiger charge is 2.13. The summed E-state index contributed by atoms with van der Waals surface area (Å²) in [6.45, 7) is 0. The SMILES string of the molecule is O=C(CCSc1ccc(F)cc1)Nc1nnc(-c2ccccc2Cl)o1. The fourth-order valence-corrected chi connectivity index (χ4v) is 3.06. The van der Waals surface area contributed by atoms with Crippen LogP contribution in [0.25, 0.3) is 11.5 Å². The Kier molecular flexibility index (Phi) is 5.67. The topological polar surface area (TPSA) is 68.0 Å². The number of aromatic nitrogens is 2. The zero-order chi connectivity index (χ0) is 17.6. The number of rotatable bonds is 6. The van der Waals surface area contributed by atoms with E-state index in [2.05, 4.69) is 15.5 Å². The second-order valence-corrected chi connectivity index (χ2v) is 6.57. The molecule has 0 aliphatic rings. The van der Waals surface area contributed by atoms with Gasteiger partial charge >= 0.3 is 6.01 Å². The molecule has 5 nitrogen and oxygen atoms in total. The number of thioether (sulfide) groups is 1. The standard InChI is InChI=1S/C17H13ClFN3O2S/c18-14-4-2-1-3-13(14)16-21-22-17(24-16)20-15(23)9-10-25-12-7-5-11(19)6-8-12/h1-8H,9-10H2,(H,20,22,23). The first-order valence-corrected chi connectivity index (χ1v) is 8.75. The molecule has 0 unspecified atom stereocenters. The van der Waals surface area contributed by atoms with E-state index in [-0.39, 0.29) is 30.1 Å². The van der Waals surface area contributed by atoms with Crippen LogP contribution in [0, 0.1) is 5.82 Å². The smallest absolute Gasteiger partial charge is 0.322 e. The summed E-state index contributed by atoms with van der Waals surface area (Å²) in [5.74, 6) is 0.251. The van der Waals surface area contributed by atoms with Gasteiger partial charge in [0.15, 0.2) is 0 Å². The Morgan fingerprint density at radius 2 is 1.92 bits per heavy atom. The second kappa shape index (κ2) is 8.13. The largest absolute Gasteiger partial charge is 0.403 e. The monoisotopic (exact) mass is 377 g/mol. The van der Waals surface area contributed by atoms with Crippen molar-refractivity contribution in [3.63, 3.8) is 0 Å². The predicted octanol–water partition coefficient (Wildman–Crippen LogP) is 4.65. The van der Waals surface area contributed by atoms with Crippen LogP contribution in [0.1, 0.15) is 6.42 Å². The van der Waals surface area contributed by atoms with Gasteiger partial charge in [0.05, 0.1) is 10.6 Å². The number of halogens is 2. The minimum Gasteiger partial charge on any atom is -0.403 e. The van der Waals surface area contributed by atoms with Crippen LogP contribution in [0.3, 0.4) is 0 Å². The molecule has 0 aliphatic heterocycles. The summed E-state index contributed by atoms with van der Waals surface area (Å²) in [6, 6.07) is 13.2. The highest BCUT2D eigenvalue weighted by atomic mass is 35.5. The Morgan fingerprint density at radius 1 is 1.16 bits per heavy atom. The molecule has 0 saturated heterocycles. The normalized spacial score (nSPS) is 10.6. The van der Waals surface area contributed by atoms with Crippen molar-refractivity contribution in [2.45, 2.75) is 11.3 Å². The van der Waals surface area contributed by atoms with Gasteiger partial charge < -0.3 is 4.42 Å². The Balaban J connectivity index is 1.52. The van der Waals surface area contributed by atoms with Crippen LogP contribution in [0.15, 0.2) is 57.8 Å². The van der Waals surface area contributed by atoms with Crippen LogP contribution in [0.4, 0.5) is 10.4 Å². The van der Waals surface area contributed by atoms with Crippen molar-refractivity contribution >= 4 is 35.3 Å². The van der Waals surface area contributed by atoms with Crippen molar-refractivity contribution in [2.24, 2.45) is 0 Å². The quantitative estimate of drug-likeness (QED) is 0.633. The van der Waals surface area contributed by atoms with E-state index in [1.165, 1.54) is 23.9 Å². The molecule has 2 aromatic carbocycles. The molecule has 0 radical (unpaired) electrons. The molecule has 0 aliphatic carbocycles. The van der Waals surface area contributed by atoms with Crippen molar-refractivity contribution < 1.29 is 13.6 Å². The van der Waals surface area contributed by atoms with Gasteiger partial charge in [-0.15, -0.1) is 16.9 Å². The lowest BCUT2D eigenvalue weighted by atomic mass is 10.2. The summed E-state index contributed by atoms with van der Waals surface area (Å²) < 4.78 is 18.2. The van der Waals surface area contributed by atoms with Crippen molar-refractivity contribution in [3.8, 4) is 11.5 Å². The molecule has 1 heterocycles. The molecule has 0 saturated carbocycles. The first-order valence-electron chi connectivity index (χ1n) is 7.38. The zero-order valence-corrected chi connectivity index (χ0v) is 14.5. The number of hydrogen-bond acceptors (Lipinski definition) is 5. The maximum absolute atomic E-state index is 12.8. The van der Waals surface area contributed by atoms with Crippen LogP contribution >= 0.6 is 23.4 Å². The van der Waals surface area contributed by atoms with E-state index in [1.54, 1.807) is 36.4 Å². The first-order chi connectivity index (χ1) is 12.1. The lowest BCUT2D eigenvalue weighted by Gasteiger charge is -2.02. The zero-order valence-electron chi connectivity index (χ0n) is 12.9. The van der Waals surface area contributed by atoms with Crippen molar-refractivity contribution in [1.29, 1.82) is 0 Å². The fourth-order valence-electron chi connectivity index (χ4n) is 1.99. The number of carbonyl (C=O) groups is 1. The van der Waals surface area contributed by atoms with Gasteiger partial charge in [-0.2, -0.15) is 0 Å². The number of amides is 1. The van der Waals surface area contributed by atoms with Crippen LogP contribution in [-0.2, 0) is 4.79 Å². The van der Waals surface area contributed by atoms with Gasteiger partial charge in [-0.1, -0.05) is 28.8 Å². The van der Waals surface area contributed by atoms with Gasteiger partial charge in [-0.3, -0.25) is 10.1 Å². The number of hydrogen-bond donors (Lipinski definition) is 1. The van der Waals surface area contributed by atoms with Gasteiger partial charge in [-0.25, -0.2) is 4.39 Å². The summed E-state index contributed by atoms with van der Waals surface area (Å²) >= 11 is 7.53. The van der Waals surface area contributed by atoms with Gasteiger partial charge in [-0.05, 0) is 36.4 Å². The molecule has 0 bridgehead atoms. The van der Waals surface area contributed by atoms with E-state index in [4.69, 9.17) is 16.0 Å². The Morgan fingerprint density at radius 3 is 2.68 bits per heavy atom. The number of nitrogens with one attached hydrogen (secondary N) is 1. The minimum atomic E-state index is -0.284. The van der Waals surface area contributed by atoms with E-state index < -0.39 is 0 Å². The third kappa shape index (κ3) is 4.80. The van der Waals surface area contributed by atoms with Crippen LogP contribution < -0.4 is 5.32 Å². The Hall–Kier alpha value is -2.38. The summed E-state index contributed by atoms with van der Waals surface area (Å²) in [7, 11) is 0. The molecular formula is C17H13ClFN3O2S. The lowest BCUT2D eigenvalue weighted by Crippen LogP contribution is -2.12. The third-order valence-electron chi connectivity index (χ3n) is 3.19. The number of carbonyl (C=O) groups excluding carboxylic acids is 1. The van der Waals surface area contributed by atoms with E-state index in [1.807, 2.05) is 0 Å². The Labute approximate surface area is 152 Å². The second-order valence-electron chi connectivity index (χ2n) is 4.99. The van der Waals surface area contributed by atoms with E-state index in [0.29, 0.717) is 16.3 Å². The fraction of sp³-hybridized carbons (Fsp3) is 0.118. The molecule has 1 aromatic heterocycles. The minimum absolute atomic E-state index is 0.0201. The van der Waals surface area contributed by atoms with E-state index in [0.717, 1.165) is 4.90 Å². The highest BCUT2D eigenvalue weighted by molar-refractivity contribution is 7.99. The molecule has 3 aromatic rings. The molecule has 3 rings (SSSR count). The average molecular weight is 378 g/mol. The van der Waals surface area contributed by atoms with Crippen LogP contribution in [0.5, 0.6) is 0 Å². The van der Waals surface area contributed by atoms with Gasteiger partial charge in [0.2, 0.25) is 5.91 Å². The van der Waals surface area contributed by atoms with Crippen molar-refractivity contribution in [2.75, 3.05) is 11.1 Å². The van der Waals surface area contributed by atoms with Crippen molar-refractivity contribution in [1.82, 2.24) is 10.2 Å². The molecule has 8 heteroatoms. The molecule has 0 atom stereocenters. The van der Waals surface area contributed by atoms with E-state index in [9.17, 15) is 9.18 Å². The van der Waals surface area contributed by atoms with E-state index >= 15 is 0 Å². The summed E-state index contributed by atoms with van der Waals surface area (Å²) in [5, 5.41) is 10.7. The summed E-state index contributed by atoms with van der Waals surface area (Å²) in [5.41, 5.74) is 0.601. The maximum Gasteiger partial charge on any atom is 0.322 e. The number of benzene rings is 2. The highest BCUT2D eigenvalue weighted by Crippen LogP contribution is 2.27. The summed E-state index contributed by atoms with van der Waals surface area (Å²) in [6.07, 6.45) is 0.256. The number of anilines is 1. The predicted molar refractivity (Wildman–Crippen MR) is 95.1 cm³/mol. The maximum atomic E-state index is 12.8. The van der Waals surface area contributed by atoms with Crippen LogP contribution in [0.2, 0.25) is 5.02 Å². The molecule has 1 amide bonds. The van der Waals surface area contributed by atoms with Gasteiger partial charge in [0.1, 0.15) is 5.82 Å². The number of nitrogens with zero attached hydrogens (tertiary/aromatic N) is 2. The molecule has 25 heavy (non-hydrogen) atoms. The molecule has 0 spiro atoms. The Bertz CT molecular complexity index is 870. The first kappa shape index (κ1) is 17.4. The van der Waals surface area contributed by atoms with Gasteiger partial charge in [0, 0.05) is 17.1 Å². The molecule has 0 fully saturated rings. The lowest BCUT2D eigenvalue weighted by molar-refractivity contribution is -0.115. The third-order valence-corrected chi connectivity index (χ3v) is 4.53.